The fraction of sp³-hybridized carbons (Fsp3) is 0.136. The molecule has 0 saturated heterocycles. The van der Waals surface area contributed by atoms with Gasteiger partial charge in [-0.15, -0.1) is 0 Å². The monoisotopic (exact) mass is 454 g/mol. The van der Waals surface area contributed by atoms with E-state index >= 15 is 0 Å². The van der Waals surface area contributed by atoms with Gasteiger partial charge in [0.05, 0.1) is 25.0 Å². The number of aromatic nitrogens is 4. The maximum absolute atomic E-state index is 13.3. The molecule has 2 aromatic heterocycles. The highest BCUT2D eigenvalue weighted by molar-refractivity contribution is 7.80. The number of nitrogens with zero attached hydrogens (tertiary/aromatic N) is 4. The van der Waals surface area contributed by atoms with Crippen molar-refractivity contribution in [3.8, 4) is 0 Å². The highest BCUT2D eigenvalue weighted by Crippen LogP contribution is 2.20. The number of rotatable bonds is 6. The van der Waals surface area contributed by atoms with Gasteiger partial charge in [-0.3, -0.25) is 9.36 Å². The van der Waals surface area contributed by atoms with Crippen molar-refractivity contribution in [3.63, 3.8) is 0 Å². The quantitative estimate of drug-likeness (QED) is 0.397. The van der Waals surface area contributed by atoms with Crippen LogP contribution in [0.25, 0.3) is 0 Å². The molecule has 0 radical (unpaired) electrons. The third-order valence-corrected chi connectivity index (χ3v) is 5.19. The fourth-order valence-electron chi connectivity index (χ4n) is 3.11. The zero-order chi connectivity index (χ0) is 21.8. The molecule has 4 rings (SSSR count). The van der Waals surface area contributed by atoms with E-state index in [4.69, 9.17) is 23.8 Å². The Bertz CT molecular complexity index is 1200. The summed E-state index contributed by atoms with van der Waals surface area (Å²) in [6, 6.07) is 16.3. The molecule has 4 aromatic rings. The van der Waals surface area contributed by atoms with Gasteiger partial charge in [-0.05, 0) is 42.4 Å². The van der Waals surface area contributed by atoms with Crippen LogP contribution in [0.3, 0.4) is 0 Å². The fourth-order valence-corrected chi connectivity index (χ4v) is 3.56. The SMILES string of the molecule is Cc1cc(NC(=S)Nc2cnn(Cc3ccccc3)c2)nn1Cc1ccc(F)cc1Cl. The summed E-state index contributed by atoms with van der Waals surface area (Å²) in [5.74, 6) is 0.238. The average Bonchev–Trinajstić information content (AvgIpc) is 3.30. The van der Waals surface area contributed by atoms with Gasteiger partial charge >= 0.3 is 0 Å². The Labute approximate surface area is 189 Å². The average molecular weight is 455 g/mol. The van der Waals surface area contributed by atoms with Crippen molar-refractivity contribution in [2.75, 3.05) is 10.6 Å². The minimum Gasteiger partial charge on any atom is -0.330 e. The predicted molar refractivity (Wildman–Crippen MR) is 125 cm³/mol. The highest BCUT2D eigenvalue weighted by Gasteiger charge is 2.10. The number of anilines is 2. The number of benzene rings is 2. The Morgan fingerprint density at radius 1 is 1.10 bits per heavy atom. The van der Waals surface area contributed by atoms with Gasteiger partial charge < -0.3 is 10.6 Å². The summed E-state index contributed by atoms with van der Waals surface area (Å²) in [5.41, 5.74) is 3.65. The maximum atomic E-state index is 13.3. The third-order valence-electron chi connectivity index (χ3n) is 4.64. The van der Waals surface area contributed by atoms with Crippen LogP contribution < -0.4 is 10.6 Å². The maximum Gasteiger partial charge on any atom is 0.176 e. The Morgan fingerprint density at radius 3 is 2.68 bits per heavy atom. The van der Waals surface area contributed by atoms with E-state index in [1.807, 2.05) is 42.1 Å². The molecule has 2 aromatic carbocycles. The summed E-state index contributed by atoms with van der Waals surface area (Å²) in [7, 11) is 0. The summed E-state index contributed by atoms with van der Waals surface area (Å²) in [6.45, 7) is 3.04. The summed E-state index contributed by atoms with van der Waals surface area (Å²) in [6.07, 6.45) is 3.61. The minimum atomic E-state index is -0.364. The van der Waals surface area contributed by atoms with E-state index in [0.29, 0.717) is 29.0 Å². The van der Waals surface area contributed by atoms with Gasteiger partial charge in [0.1, 0.15) is 5.82 Å². The molecule has 31 heavy (non-hydrogen) atoms. The molecule has 0 aliphatic carbocycles. The molecular weight excluding hydrogens is 435 g/mol. The van der Waals surface area contributed by atoms with Crippen LogP contribution in [0.4, 0.5) is 15.9 Å². The van der Waals surface area contributed by atoms with Gasteiger partial charge in [0.25, 0.3) is 0 Å². The van der Waals surface area contributed by atoms with E-state index in [9.17, 15) is 4.39 Å². The van der Waals surface area contributed by atoms with Gasteiger partial charge in [-0.1, -0.05) is 48.0 Å². The van der Waals surface area contributed by atoms with Crippen LogP contribution >= 0.6 is 23.8 Å². The van der Waals surface area contributed by atoms with Crippen LogP contribution in [0.5, 0.6) is 0 Å². The Kier molecular flexibility index (Phi) is 6.29. The summed E-state index contributed by atoms with van der Waals surface area (Å²) in [5, 5.41) is 15.8. The second-order valence-corrected chi connectivity index (χ2v) is 7.87. The van der Waals surface area contributed by atoms with Crippen LogP contribution in [-0.2, 0) is 13.1 Å². The zero-order valence-corrected chi connectivity index (χ0v) is 18.3. The Morgan fingerprint density at radius 2 is 1.90 bits per heavy atom. The lowest BCUT2D eigenvalue weighted by molar-refractivity contribution is 0.623. The first-order chi connectivity index (χ1) is 15.0. The van der Waals surface area contributed by atoms with Gasteiger partial charge in [0, 0.05) is 23.0 Å². The van der Waals surface area contributed by atoms with Crippen LogP contribution in [0.1, 0.15) is 16.8 Å². The van der Waals surface area contributed by atoms with Gasteiger partial charge in [-0.25, -0.2) is 4.39 Å². The van der Waals surface area contributed by atoms with E-state index < -0.39 is 0 Å². The van der Waals surface area contributed by atoms with Gasteiger partial charge in [0.2, 0.25) is 0 Å². The molecule has 0 saturated carbocycles. The third kappa shape index (κ3) is 5.48. The molecule has 0 unspecified atom stereocenters. The first-order valence-corrected chi connectivity index (χ1v) is 10.4. The number of thiocarbonyl (C=S) groups is 1. The first kappa shape index (κ1) is 21.0. The normalized spacial score (nSPS) is 10.8. The van der Waals surface area contributed by atoms with Crippen LogP contribution in [0, 0.1) is 12.7 Å². The predicted octanol–water partition coefficient (Wildman–Crippen LogP) is 5.09. The first-order valence-electron chi connectivity index (χ1n) is 9.59. The number of hydrogen-bond acceptors (Lipinski definition) is 3. The molecule has 9 heteroatoms. The standard InChI is InChI=1S/C22H20ClFN6S/c1-15-9-21(28-30(15)13-17-7-8-18(24)10-20(17)23)27-22(31)26-19-11-25-29(14-19)12-16-5-3-2-4-6-16/h2-11,14H,12-13H2,1H3,(H2,26,27,28,31). The van der Waals surface area contributed by atoms with Crippen LogP contribution in [0.15, 0.2) is 67.0 Å². The van der Waals surface area contributed by atoms with Crippen molar-refractivity contribution in [1.82, 2.24) is 19.6 Å². The Balaban J connectivity index is 1.36. The lowest BCUT2D eigenvalue weighted by Gasteiger charge is -2.08. The van der Waals surface area contributed by atoms with Crippen LogP contribution in [-0.4, -0.2) is 24.7 Å². The minimum absolute atomic E-state index is 0.364. The molecule has 6 nitrogen and oxygen atoms in total. The molecule has 0 spiro atoms. The summed E-state index contributed by atoms with van der Waals surface area (Å²) < 4.78 is 16.9. The van der Waals surface area contributed by atoms with E-state index in [0.717, 1.165) is 16.9 Å². The number of halogens is 2. The van der Waals surface area contributed by atoms with E-state index in [1.165, 1.54) is 17.7 Å². The topological polar surface area (TPSA) is 59.7 Å². The Hall–Kier alpha value is -3.23. The molecule has 0 fully saturated rings. The molecule has 0 aliphatic heterocycles. The lowest BCUT2D eigenvalue weighted by atomic mass is 10.2. The molecule has 2 N–H and O–H groups in total. The van der Waals surface area contributed by atoms with Crippen molar-refractivity contribution in [3.05, 3.63) is 94.7 Å². The van der Waals surface area contributed by atoms with Crippen molar-refractivity contribution in [1.29, 1.82) is 0 Å². The molecule has 0 amide bonds. The summed E-state index contributed by atoms with van der Waals surface area (Å²) >= 11 is 11.5. The van der Waals surface area contributed by atoms with Crippen molar-refractivity contribution >= 4 is 40.4 Å². The van der Waals surface area contributed by atoms with E-state index in [1.54, 1.807) is 16.9 Å². The largest absolute Gasteiger partial charge is 0.330 e. The van der Waals surface area contributed by atoms with E-state index in [-0.39, 0.29) is 5.82 Å². The smallest absolute Gasteiger partial charge is 0.176 e. The highest BCUT2D eigenvalue weighted by atomic mass is 35.5. The number of aryl methyl sites for hydroxylation is 1. The molecule has 0 atom stereocenters. The van der Waals surface area contributed by atoms with Gasteiger partial charge in [0.15, 0.2) is 10.9 Å². The van der Waals surface area contributed by atoms with Gasteiger partial charge in [-0.2, -0.15) is 10.2 Å². The zero-order valence-electron chi connectivity index (χ0n) is 16.7. The second kappa shape index (κ2) is 9.28. The van der Waals surface area contributed by atoms with Crippen LogP contribution in [0.2, 0.25) is 5.02 Å². The second-order valence-electron chi connectivity index (χ2n) is 7.06. The number of hydrogen-bond donors (Lipinski definition) is 2. The lowest BCUT2D eigenvalue weighted by Crippen LogP contribution is -2.19. The van der Waals surface area contributed by atoms with Crippen molar-refractivity contribution in [2.24, 2.45) is 0 Å². The number of nitrogens with one attached hydrogen (secondary N) is 2. The molecule has 0 aliphatic rings. The molecule has 158 valence electrons. The molecule has 0 bridgehead atoms. The van der Waals surface area contributed by atoms with Crippen molar-refractivity contribution in [2.45, 2.75) is 20.0 Å². The van der Waals surface area contributed by atoms with Crippen molar-refractivity contribution < 1.29 is 4.39 Å². The molecular formula is C22H20ClFN6S. The molecule has 2 heterocycles. The van der Waals surface area contributed by atoms with E-state index in [2.05, 4.69) is 33.0 Å². The summed E-state index contributed by atoms with van der Waals surface area (Å²) in [4.78, 5) is 0.